The van der Waals surface area contributed by atoms with E-state index in [1.54, 1.807) is 4.90 Å². The summed E-state index contributed by atoms with van der Waals surface area (Å²) in [5, 5.41) is 17.5. The molecule has 0 aliphatic carbocycles. The molecule has 211 valence electrons. The van der Waals surface area contributed by atoms with E-state index in [2.05, 4.69) is 15.6 Å². The molecular weight excluding hydrogens is 640 g/mol. The van der Waals surface area contributed by atoms with Gasteiger partial charge in [0.1, 0.15) is 0 Å². The van der Waals surface area contributed by atoms with E-state index < -0.39 is 6.61 Å². The van der Waals surface area contributed by atoms with Crippen molar-refractivity contribution in [2.24, 2.45) is 5.73 Å². The number of nitrogens with zero attached hydrogens (tertiary/aromatic N) is 1. The summed E-state index contributed by atoms with van der Waals surface area (Å²) in [5.74, 6) is -0.181. The van der Waals surface area contributed by atoms with Crippen molar-refractivity contribution in [3.05, 3.63) is 45.2 Å². The van der Waals surface area contributed by atoms with Crippen LogP contribution in [0.3, 0.4) is 0 Å². The number of amides is 2. The molecule has 39 heavy (non-hydrogen) atoms. The van der Waals surface area contributed by atoms with Crippen molar-refractivity contribution in [2.75, 3.05) is 32.8 Å². The van der Waals surface area contributed by atoms with Crippen LogP contribution < -0.4 is 16.4 Å². The zero-order valence-corrected chi connectivity index (χ0v) is 27.3. The molecule has 11 heteroatoms. The topological polar surface area (TPSA) is 123 Å². The number of allylic oxidation sites excluding steroid dienone is 1. The maximum atomic E-state index is 12.1. The molecule has 0 saturated carbocycles. The van der Waals surface area contributed by atoms with E-state index in [0.717, 1.165) is 80.7 Å². The predicted octanol–water partition coefficient (Wildman–Crippen LogP) is 3.34. The number of aromatic amines is 1. The van der Waals surface area contributed by atoms with Crippen LogP contribution in [0.4, 0.5) is 0 Å². The fraction of sp³-hybridized carbons (Fsp3) is 0.536. The van der Waals surface area contributed by atoms with Crippen molar-refractivity contribution in [1.29, 1.82) is 0 Å². The fourth-order valence-electron chi connectivity index (χ4n) is 4.88. The van der Waals surface area contributed by atoms with Gasteiger partial charge in [0.15, 0.2) is 0 Å². The number of benzene rings is 1. The Morgan fingerprint density at radius 2 is 1.85 bits per heavy atom. The third-order valence-electron chi connectivity index (χ3n) is 7.02. The molecule has 1 radical (unpaired) electrons. The number of halogens is 2. The van der Waals surface area contributed by atoms with Crippen LogP contribution in [-0.4, -0.2) is 86.7 Å². The first-order valence-corrected chi connectivity index (χ1v) is 16.2. The van der Waals surface area contributed by atoms with Gasteiger partial charge in [-0.05, 0) is 13.0 Å². The van der Waals surface area contributed by atoms with E-state index in [0.29, 0.717) is 49.1 Å². The molecule has 8 nitrogen and oxygen atoms in total. The number of aliphatic hydroxyl groups excluding tert-OH is 1. The van der Waals surface area contributed by atoms with Gasteiger partial charge in [-0.15, -0.1) is 0 Å². The van der Waals surface area contributed by atoms with Crippen molar-refractivity contribution >= 4 is 73.1 Å². The van der Waals surface area contributed by atoms with Gasteiger partial charge in [-0.25, -0.2) is 0 Å². The second kappa shape index (κ2) is 16.7. The number of fused-ring (bicyclic) bond motifs is 3. The molecule has 1 aromatic heterocycles. The Morgan fingerprint density at radius 1 is 1.13 bits per heavy atom. The van der Waals surface area contributed by atoms with Gasteiger partial charge < -0.3 is 5.73 Å². The number of carbonyl (C=O) groups is 2. The number of aromatic nitrogens is 1. The summed E-state index contributed by atoms with van der Waals surface area (Å²) in [6, 6.07) is 1.89. The average molecular weight is 679 g/mol. The van der Waals surface area contributed by atoms with Crippen LogP contribution in [0.1, 0.15) is 68.2 Å². The molecule has 0 atom stereocenters. The molecule has 6 N–H and O–H groups in total. The molecule has 1 aliphatic rings. The van der Waals surface area contributed by atoms with Crippen LogP contribution in [0.2, 0.25) is 10.0 Å². The number of nitrogens with two attached hydrogens (primary N) is 1. The van der Waals surface area contributed by atoms with E-state index in [1.807, 2.05) is 18.3 Å². The number of hydrogen-bond donors (Lipinski definition) is 5. The van der Waals surface area contributed by atoms with Gasteiger partial charge in [0, 0.05) is 0 Å². The Bertz CT molecular complexity index is 1180. The molecular formula is C28H39Cl2InN5O3. The SMILES string of the molecule is NCCCCCCCCCC(=O)NCCN/C=C\[C](=[In])c1cc(Cl)c(Cl)c2[nH]c3c(c12)CN(C(=O)CO)CC3. The first-order valence-electron chi connectivity index (χ1n) is 13.8. The number of aliphatic hydroxyl groups is 1. The van der Waals surface area contributed by atoms with Crippen LogP contribution in [-0.2, 0) is 22.6 Å². The zero-order chi connectivity index (χ0) is 28.2. The Kier molecular flexibility index (Phi) is 13.7. The van der Waals surface area contributed by atoms with Crippen LogP contribution in [0.15, 0.2) is 18.3 Å². The first kappa shape index (κ1) is 32.0. The van der Waals surface area contributed by atoms with Gasteiger partial charge in [0.25, 0.3) is 0 Å². The van der Waals surface area contributed by atoms with Crippen molar-refractivity contribution < 1.29 is 14.7 Å². The zero-order valence-electron chi connectivity index (χ0n) is 22.5. The standard InChI is InChI=1S/C28H39Cl2N5O3.In/c29-22-17-20(26-21-18-35(25(38)19-36)16-11-23(21)34-28(26)27(22)30)9-8-13-32-14-15-33-24(37)10-6-4-2-1-3-5-7-12-31;/h8,13,17,32,34,36H,1-7,10-12,14-16,18-19,31H2,(H,33,37);/b13-8-;. The molecule has 2 aromatic rings. The van der Waals surface area contributed by atoms with Crippen molar-refractivity contribution in [1.82, 2.24) is 20.5 Å². The second-order valence-electron chi connectivity index (χ2n) is 9.88. The Morgan fingerprint density at radius 3 is 2.56 bits per heavy atom. The Hall–Kier alpha value is -1.52. The molecule has 3 rings (SSSR count). The van der Waals surface area contributed by atoms with E-state index in [9.17, 15) is 14.7 Å². The summed E-state index contributed by atoms with van der Waals surface area (Å²) in [6.45, 7) is 2.44. The number of carbonyl (C=O) groups excluding carboxylic acids is 2. The minimum absolute atomic E-state index is 0.0998. The number of unbranched alkanes of at least 4 members (excludes halogenated alkanes) is 6. The van der Waals surface area contributed by atoms with Gasteiger partial charge in [-0.3, -0.25) is 0 Å². The quantitative estimate of drug-likeness (QED) is 0.174. The van der Waals surface area contributed by atoms with E-state index in [4.69, 9.17) is 28.9 Å². The molecule has 1 aliphatic heterocycles. The fourth-order valence-corrected chi connectivity index (χ4v) is 6.20. The van der Waals surface area contributed by atoms with Gasteiger partial charge in [-0.1, -0.05) is 19.3 Å². The van der Waals surface area contributed by atoms with Crippen LogP contribution in [0.5, 0.6) is 0 Å². The monoisotopic (exact) mass is 678 g/mol. The Balaban J connectivity index is 1.48. The number of nitrogens with one attached hydrogen (secondary N) is 3. The van der Waals surface area contributed by atoms with E-state index in [-0.39, 0.29) is 11.8 Å². The van der Waals surface area contributed by atoms with Gasteiger partial charge in [-0.2, -0.15) is 0 Å². The van der Waals surface area contributed by atoms with Crippen molar-refractivity contribution in [3.8, 4) is 0 Å². The summed E-state index contributed by atoms with van der Waals surface area (Å²) < 4.78 is 1.11. The summed E-state index contributed by atoms with van der Waals surface area (Å²) in [4.78, 5) is 29.3. The van der Waals surface area contributed by atoms with Crippen LogP contribution >= 0.6 is 23.2 Å². The van der Waals surface area contributed by atoms with Gasteiger partial charge >= 0.3 is 218 Å². The molecule has 0 fully saturated rings. The number of hydrogen-bond acceptors (Lipinski definition) is 5. The van der Waals surface area contributed by atoms with Crippen molar-refractivity contribution in [3.63, 3.8) is 0 Å². The Labute approximate surface area is 255 Å². The van der Waals surface area contributed by atoms with Gasteiger partial charge in [0.05, 0.1) is 0 Å². The summed E-state index contributed by atoms with van der Waals surface area (Å²) in [5.41, 5.74) is 9.35. The minimum atomic E-state index is -0.500. The van der Waals surface area contributed by atoms with E-state index >= 15 is 0 Å². The first-order chi connectivity index (χ1) is 18.9. The molecule has 1 aromatic carbocycles. The summed E-state index contributed by atoms with van der Waals surface area (Å²) in [6.07, 6.45) is 13.1. The molecule has 0 spiro atoms. The average Bonchev–Trinajstić information content (AvgIpc) is 3.32. The van der Waals surface area contributed by atoms with Crippen molar-refractivity contribution in [2.45, 2.75) is 64.3 Å². The van der Waals surface area contributed by atoms with E-state index in [1.165, 1.54) is 25.7 Å². The second-order valence-corrected chi connectivity index (χ2v) is 12.4. The molecule has 2 amide bonds. The normalized spacial score (nSPS) is 13.2. The molecule has 0 saturated heterocycles. The third kappa shape index (κ3) is 9.25. The summed E-state index contributed by atoms with van der Waals surface area (Å²) >= 11 is 13.9. The number of H-pyrrole nitrogens is 1. The third-order valence-corrected chi connectivity index (χ3v) is 9.25. The van der Waals surface area contributed by atoms with Crippen LogP contribution in [0.25, 0.3) is 10.9 Å². The predicted molar refractivity (Wildman–Crippen MR) is 161 cm³/mol. The molecule has 2 heterocycles. The van der Waals surface area contributed by atoms with Crippen LogP contribution in [0, 0.1) is 0 Å². The van der Waals surface area contributed by atoms with Gasteiger partial charge in [0.2, 0.25) is 0 Å². The number of rotatable bonds is 16. The summed E-state index contributed by atoms with van der Waals surface area (Å²) in [7, 11) is 0. The maximum absolute atomic E-state index is 12.1. The molecule has 0 unspecified atom stereocenters. The molecule has 0 bridgehead atoms.